The Bertz CT molecular complexity index is 594. The van der Waals surface area contributed by atoms with Gasteiger partial charge in [-0.3, -0.25) is 4.31 Å². The minimum atomic E-state index is -3.49. The molecule has 93 valence electrons. The first kappa shape index (κ1) is 12.6. The lowest BCUT2D eigenvalue weighted by Gasteiger charge is -2.22. The number of rotatable bonds is 4. The largest absolute Gasteiger partial charge is 0.267 e. The molecule has 0 saturated carbocycles. The maximum atomic E-state index is 12.5. The first-order valence-electron chi connectivity index (χ1n) is 5.70. The Balaban J connectivity index is 2.46. The third kappa shape index (κ3) is 2.38. The molecule has 0 atom stereocenters. The van der Waals surface area contributed by atoms with E-state index in [2.05, 4.69) is 6.07 Å². The molecular weight excluding hydrogens is 246 g/mol. The van der Waals surface area contributed by atoms with Gasteiger partial charge in [-0.25, -0.2) is 8.42 Å². The van der Waals surface area contributed by atoms with Crippen molar-refractivity contribution in [2.45, 2.75) is 11.8 Å². The van der Waals surface area contributed by atoms with Gasteiger partial charge in [-0.15, -0.1) is 0 Å². The molecule has 0 aliphatic heterocycles. The maximum Gasteiger partial charge on any atom is 0.264 e. The summed E-state index contributed by atoms with van der Waals surface area (Å²) in [4.78, 5) is 0.284. The van der Waals surface area contributed by atoms with E-state index in [1.165, 1.54) is 4.31 Å². The molecule has 2 aromatic carbocycles. The highest BCUT2D eigenvalue weighted by atomic mass is 32.2. The monoisotopic (exact) mass is 260 g/mol. The molecule has 0 aliphatic carbocycles. The lowest BCUT2D eigenvalue weighted by atomic mass is 10.3. The third-order valence-electron chi connectivity index (χ3n) is 2.61. The van der Waals surface area contributed by atoms with Gasteiger partial charge in [-0.1, -0.05) is 30.3 Å². The predicted molar refractivity (Wildman–Crippen MR) is 71.9 cm³/mol. The summed E-state index contributed by atoms with van der Waals surface area (Å²) in [5.74, 6) is 0. The minimum absolute atomic E-state index is 0.284. The van der Waals surface area contributed by atoms with Gasteiger partial charge in [0.15, 0.2) is 0 Å². The molecule has 0 spiro atoms. The highest BCUT2D eigenvalue weighted by Crippen LogP contribution is 2.22. The Morgan fingerprint density at radius 3 is 2.22 bits per heavy atom. The molecule has 0 aliphatic rings. The lowest BCUT2D eigenvalue weighted by Crippen LogP contribution is -2.30. The van der Waals surface area contributed by atoms with Crippen LogP contribution in [0.1, 0.15) is 6.92 Å². The summed E-state index contributed by atoms with van der Waals surface area (Å²) in [6.45, 7) is 2.21. The molecule has 18 heavy (non-hydrogen) atoms. The minimum Gasteiger partial charge on any atom is -0.267 e. The van der Waals surface area contributed by atoms with Crippen molar-refractivity contribution >= 4 is 15.7 Å². The summed E-state index contributed by atoms with van der Waals surface area (Å²) in [5, 5.41) is 0. The molecule has 2 rings (SSSR count). The zero-order valence-electron chi connectivity index (χ0n) is 10.1. The number of sulfonamides is 1. The van der Waals surface area contributed by atoms with E-state index in [4.69, 9.17) is 0 Å². The van der Waals surface area contributed by atoms with Crippen LogP contribution in [0.2, 0.25) is 0 Å². The van der Waals surface area contributed by atoms with Crippen molar-refractivity contribution in [3.63, 3.8) is 0 Å². The van der Waals surface area contributed by atoms with Gasteiger partial charge < -0.3 is 0 Å². The normalized spacial score (nSPS) is 11.2. The first-order valence-corrected chi connectivity index (χ1v) is 7.14. The molecule has 0 saturated heterocycles. The molecule has 0 amide bonds. The van der Waals surface area contributed by atoms with Crippen molar-refractivity contribution < 1.29 is 8.42 Å². The Morgan fingerprint density at radius 1 is 1.06 bits per heavy atom. The number of nitrogens with zero attached hydrogens (tertiary/aromatic N) is 1. The van der Waals surface area contributed by atoms with Gasteiger partial charge in [0.05, 0.1) is 10.6 Å². The van der Waals surface area contributed by atoms with Gasteiger partial charge in [-0.2, -0.15) is 0 Å². The summed E-state index contributed by atoms with van der Waals surface area (Å²) in [6.07, 6.45) is 0. The molecule has 0 aromatic heterocycles. The van der Waals surface area contributed by atoms with Crippen LogP contribution in [-0.2, 0) is 10.0 Å². The Labute approximate surface area is 108 Å². The van der Waals surface area contributed by atoms with Crippen LogP contribution >= 0.6 is 0 Å². The van der Waals surface area contributed by atoms with Crippen LogP contribution in [-0.4, -0.2) is 15.0 Å². The molecule has 2 aromatic rings. The van der Waals surface area contributed by atoms with Crippen LogP contribution < -0.4 is 4.31 Å². The Morgan fingerprint density at radius 2 is 1.67 bits per heavy atom. The average molecular weight is 260 g/mol. The van der Waals surface area contributed by atoms with Crippen molar-refractivity contribution in [3.05, 3.63) is 60.7 Å². The molecule has 0 heterocycles. The standard InChI is InChI=1S/C14H14NO2S/c1-2-15(13-9-5-3-6-10-13)18(16,17)14-11-7-4-8-12-14/h3,5-12H,2H2,1H3. The predicted octanol–water partition coefficient (Wildman–Crippen LogP) is 2.70. The lowest BCUT2D eigenvalue weighted by molar-refractivity contribution is 0.592. The fourth-order valence-electron chi connectivity index (χ4n) is 1.76. The Kier molecular flexibility index (Phi) is 3.67. The number of hydrogen-bond acceptors (Lipinski definition) is 2. The van der Waals surface area contributed by atoms with Gasteiger partial charge in [0, 0.05) is 6.54 Å². The molecule has 0 N–H and O–H groups in total. The van der Waals surface area contributed by atoms with E-state index in [0.29, 0.717) is 12.2 Å². The molecule has 0 unspecified atom stereocenters. The number of hydrogen-bond donors (Lipinski definition) is 0. The van der Waals surface area contributed by atoms with Crippen molar-refractivity contribution in [2.75, 3.05) is 10.8 Å². The van der Waals surface area contributed by atoms with Gasteiger partial charge in [0.1, 0.15) is 0 Å². The fourth-order valence-corrected chi connectivity index (χ4v) is 3.23. The van der Waals surface area contributed by atoms with Crippen molar-refractivity contribution in [1.29, 1.82) is 0 Å². The van der Waals surface area contributed by atoms with Gasteiger partial charge in [0.25, 0.3) is 10.0 Å². The SMILES string of the molecule is CCN(c1ccccc1)S(=O)(=O)c1cc[c]cc1. The fraction of sp³-hybridized carbons (Fsp3) is 0.143. The first-order chi connectivity index (χ1) is 8.66. The Hall–Kier alpha value is -1.81. The molecular formula is C14H14NO2S. The van der Waals surface area contributed by atoms with E-state index in [1.54, 1.807) is 36.4 Å². The highest BCUT2D eigenvalue weighted by Gasteiger charge is 2.22. The smallest absolute Gasteiger partial charge is 0.264 e. The van der Waals surface area contributed by atoms with Crippen molar-refractivity contribution in [1.82, 2.24) is 0 Å². The zero-order chi connectivity index (χ0) is 13.0. The second kappa shape index (κ2) is 5.23. The van der Waals surface area contributed by atoms with E-state index in [-0.39, 0.29) is 4.90 Å². The number of para-hydroxylation sites is 1. The molecule has 3 nitrogen and oxygen atoms in total. The highest BCUT2D eigenvalue weighted by molar-refractivity contribution is 7.92. The molecule has 0 fully saturated rings. The summed E-state index contributed by atoms with van der Waals surface area (Å²) >= 11 is 0. The topological polar surface area (TPSA) is 37.4 Å². The molecule has 0 bridgehead atoms. The second-order valence-electron chi connectivity index (χ2n) is 3.74. The van der Waals surface area contributed by atoms with Crippen LogP contribution in [0.4, 0.5) is 5.69 Å². The molecule has 4 heteroatoms. The van der Waals surface area contributed by atoms with Gasteiger partial charge in [0.2, 0.25) is 0 Å². The van der Waals surface area contributed by atoms with E-state index < -0.39 is 10.0 Å². The average Bonchev–Trinajstić information content (AvgIpc) is 2.41. The van der Waals surface area contributed by atoms with Crippen molar-refractivity contribution in [3.8, 4) is 0 Å². The van der Waals surface area contributed by atoms with Crippen LogP contribution in [0.5, 0.6) is 0 Å². The summed E-state index contributed by atoms with van der Waals surface area (Å²) in [7, 11) is -3.49. The van der Waals surface area contributed by atoms with E-state index >= 15 is 0 Å². The summed E-state index contributed by atoms with van der Waals surface area (Å²) in [6, 6.07) is 18.2. The van der Waals surface area contributed by atoms with Crippen LogP contribution in [0.3, 0.4) is 0 Å². The summed E-state index contributed by atoms with van der Waals surface area (Å²) in [5.41, 5.74) is 0.674. The third-order valence-corrected chi connectivity index (χ3v) is 4.52. The maximum absolute atomic E-state index is 12.5. The quantitative estimate of drug-likeness (QED) is 0.847. The van der Waals surface area contributed by atoms with Crippen LogP contribution in [0, 0.1) is 6.07 Å². The summed E-state index contributed by atoms with van der Waals surface area (Å²) < 4.78 is 26.3. The zero-order valence-corrected chi connectivity index (χ0v) is 10.9. The van der Waals surface area contributed by atoms with Crippen molar-refractivity contribution in [2.24, 2.45) is 0 Å². The van der Waals surface area contributed by atoms with Crippen LogP contribution in [0.15, 0.2) is 59.5 Å². The number of benzene rings is 2. The van der Waals surface area contributed by atoms with E-state index in [9.17, 15) is 8.42 Å². The number of anilines is 1. The van der Waals surface area contributed by atoms with E-state index in [0.717, 1.165) is 0 Å². The van der Waals surface area contributed by atoms with Gasteiger partial charge in [-0.05, 0) is 37.3 Å². The van der Waals surface area contributed by atoms with Crippen LogP contribution in [0.25, 0.3) is 0 Å². The van der Waals surface area contributed by atoms with E-state index in [1.807, 2.05) is 25.1 Å². The second-order valence-corrected chi connectivity index (χ2v) is 5.60. The molecule has 1 radical (unpaired) electrons. The van der Waals surface area contributed by atoms with Gasteiger partial charge >= 0.3 is 0 Å².